The summed E-state index contributed by atoms with van der Waals surface area (Å²) < 4.78 is 19.3. The minimum Gasteiger partial charge on any atom is -0.454 e. The van der Waals surface area contributed by atoms with E-state index < -0.39 is 0 Å². The number of hydrogen-bond acceptors (Lipinski definition) is 2. The number of aryl methyl sites for hydroxylation is 1. The Morgan fingerprint density at radius 2 is 1.90 bits per heavy atom. The molecule has 0 bridgehead atoms. The van der Waals surface area contributed by atoms with Crippen LogP contribution in [0.15, 0.2) is 42.5 Å². The molecule has 2 aromatic rings. The van der Waals surface area contributed by atoms with Crippen LogP contribution in [0.2, 0.25) is 0 Å². The van der Waals surface area contributed by atoms with Crippen LogP contribution in [0.3, 0.4) is 0 Å². The molecule has 2 N–H and O–H groups in total. The molecule has 0 radical (unpaired) electrons. The van der Waals surface area contributed by atoms with Gasteiger partial charge in [0.2, 0.25) is 0 Å². The largest absolute Gasteiger partial charge is 0.454 e. The molecule has 0 spiro atoms. The van der Waals surface area contributed by atoms with Gasteiger partial charge in [0.15, 0.2) is 11.6 Å². The molecule has 1 atom stereocenters. The van der Waals surface area contributed by atoms with Gasteiger partial charge in [-0.2, -0.15) is 0 Å². The van der Waals surface area contributed by atoms with E-state index in [1.54, 1.807) is 18.2 Å². The minimum absolute atomic E-state index is 0.138. The lowest BCUT2D eigenvalue weighted by Crippen LogP contribution is -2.21. The van der Waals surface area contributed by atoms with E-state index in [2.05, 4.69) is 6.92 Å². The number of para-hydroxylation sites is 1. The molecule has 20 heavy (non-hydrogen) atoms. The molecule has 0 heterocycles. The van der Waals surface area contributed by atoms with E-state index in [0.29, 0.717) is 5.75 Å². The van der Waals surface area contributed by atoms with Gasteiger partial charge >= 0.3 is 0 Å². The quantitative estimate of drug-likeness (QED) is 0.885. The van der Waals surface area contributed by atoms with Gasteiger partial charge in [0, 0.05) is 6.04 Å². The van der Waals surface area contributed by atoms with Crippen LogP contribution in [0.4, 0.5) is 4.39 Å². The van der Waals surface area contributed by atoms with Crippen molar-refractivity contribution < 1.29 is 9.13 Å². The Morgan fingerprint density at radius 3 is 2.60 bits per heavy atom. The highest BCUT2D eigenvalue weighted by Crippen LogP contribution is 2.28. The minimum atomic E-state index is -0.359. The third-order valence-electron chi connectivity index (χ3n) is 3.33. The third kappa shape index (κ3) is 3.58. The number of hydrogen-bond donors (Lipinski definition) is 1. The van der Waals surface area contributed by atoms with Gasteiger partial charge < -0.3 is 10.5 Å². The Balaban J connectivity index is 2.23. The molecule has 0 aliphatic carbocycles. The summed E-state index contributed by atoms with van der Waals surface area (Å²) in [7, 11) is 0. The zero-order valence-electron chi connectivity index (χ0n) is 11.9. The van der Waals surface area contributed by atoms with Crippen molar-refractivity contribution in [3.05, 3.63) is 59.4 Å². The molecule has 0 aliphatic heterocycles. The monoisotopic (exact) mass is 273 g/mol. The second-order valence-electron chi connectivity index (χ2n) is 5.00. The maximum absolute atomic E-state index is 13.6. The van der Waals surface area contributed by atoms with Crippen LogP contribution in [0.5, 0.6) is 11.5 Å². The average molecular weight is 273 g/mol. The maximum Gasteiger partial charge on any atom is 0.165 e. The predicted octanol–water partition coefficient (Wildman–Crippen LogP) is 4.21. The first kappa shape index (κ1) is 14.5. The lowest BCUT2D eigenvalue weighted by Gasteiger charge is -2.13. The molecule has 2 rings (SSSR count). The maximum atomic E-state index is 13.6. The number of rotatable bonds is 5. The summed E-state index contributed by atoms with van der Waals surface area (Å²) in [4.78, 5) is 0. The molecule has 3 heteroatoms. The van der Waals surface area contributed by atoms with E-state index >= 15 is 0 Å². The second-order valence-corrected chi connectivity index (χ2v) is 5.00. The molecular weight excluding hydrogens is 253 g/mol. The van der Waals surface area contributed by atoms with E-state index in [1.165, 1.54) is 6.07 Å². The lowest BCUT2D eigenvalue weighted by molar-refractivity contribution is 0.439. The van der Waals surface area contributed by atoms with Crippen LogP contribution < -0.4 is 10.5 Å². The second kappa shape index (κ2) is 6.53. The van der Waals surface area contributed by atoms with Gasteiger partial charge in [-0.3, -0.25) is 0 Å². The van der Waals surface area contributed by atoms with Crippen molar-refractivity contribution in [3.63, 3.8) is 0 Å². The van der Waals surface area contributed by atoms with Crippen LogP contribution in [-0.4, -0.2) is 6.04 Å². The summed E-state index contributed by atoms with van der Waals surface area (Å²) in [6.07, 6.45) is 1.72. The molecule has 0 amide bonds. The van der Waals surface area contributed by atoms with E-state index in [4.69, 9.17) is 10.5 Å². The molecule has 0 fully saturated rings. The molecule has 0 aromatic heterocycles. The Hall–Kier alpha value is -1.87. The normalized spacial score (nSPS) is 12.2. The van der Waals surface area contributed by atoms with Crippen LogP contribution in [0.1, 0.15) is 24.5 Å². The zero-order chi connectivity index (χ0) is 14.5. The first-order chi connectivity index (χ1) is 9.60. The molecule has 1 unspecified atom stereocenters. The van der Waals surface area contributed by atoms with Crippen LogP contribution in [-0.2, 0) is 6.42 Å². The van der Waals surface area contributed by atoms with Crippen LogP contribution in [0.25, 0.3) is 0 Å². The highest BCUT2D eigenvalue weighted by molar-refractivity contribution is 5.40. The Morgan fingerprint density at radius 1 is 1.15 bits per heavy atom. The molecule has 0 aliphatic rings. The summed E-state index contributed by atoms with van der Waals surface area (Å²) in [5.74, 6) is 0.561. The smallest absolute Gasteiger partial charge is 0.165 e. The van der Waals surface area contributed by atoms with E-state index in [1.807, 2.05) is 25.1 Å². The number of ether oxygens (including phenoxy) is 1. The summed E-state index contributed by atoms with van der Waals surface area (Å²) in [6, 6.07) is 12.5. The van der Waals surface area contributed by atoms with Gasteiger partial charge in [-0.1, -0.05) is 31.2 Å². The van der Waals surface area contributed by atoms with Gasteiger partial charge in [0.05, 0.1) is 0 Å². The van der Waals surface area contributed by atoms with Crippen molar-refractivity contribution in [2.45, 2.75) is 32.7 Å². The topological polar surface area (TPSA) is 35.2 Å². The molecule has 0 saturated carbocycles. The Bertz CT molecular complexity index is 583. The Labute approximate surface area is 119 Å². The first-order valence-electron chi connectivity index (χ1n) is 6.87. The number of nitrogens with two attached hydrogens (primary N) is 1. The highest BCUT2D eigenvalue weighted by Gasteiger charge is 2.08. The van der Waals surface area contributed by atoms with Crippen molar-refractivity contribution in [1.82, 2.24) is 0 Å². The number of halogens is 1. The van der Waals surface area contributed by atoms with E-state index in [9.17, 15) is 4.39 Å². The van der Waals surface area contributed by atoms with Crippen molar-refractivity contribution in [2.75, 3.05) is 0 Å². The summed E-state index contributed by atoms with van der Waals surface area (Å²) in [6.45, 7) is 4.01. The van der Waals surface area contributed by atoms with Crippen molar-refractivity contribution >= 4 is 0 Å². The van der Waals surface area contributed by atoms with Crippen molar-refractivity contribution in [1.29, 1.82) is 0 Å². The first-order valence-corrected chi connectivity index (χ1v) is 6.87. The van der Waals surface area contributed by atoms with Crippen LogP contribution >= 0.6 is 0 Å². The van der Waals surface area contributed by atoms with Gasteiger partial charge in [-0.15, -0.1) is 0 Å². The average Bonchev–Trinajstić information content (AvgIpc) is 2.44. The van der Waals surface area contributed by atoms with E-state index in [-0.39, 0.29) is 17.6 Å². The highest BCUT2D eigenvalue weighted by atomic mass is 19.1. The van der Waals surface area contributed by atoms with E-state index in [0.717, 1.165) is 24.0 Å². The zero-order valence-corrected chi connectivity index (χ0v) is 11.9. The van der Waals surface area contributed by atoms with Crippen molar-refractivity contribution in [2.24, 2.45) is 5.73 Å². The van der Waals surface area contributed by atoms with Gasteiger partial charge in [0.1, 0.15) is 5.75 Å². The fourth-order valence-electron chi connectivity index (χ4n) is 1.97. The summed E-state index contributed by atoms with van der Waals surface area (Å²) in [5.41, 5.74) is 8.05. The lowest BCUT2D eigenvalue weighted by atomic mass is 10.0. The SMILES string of the molecule is CCC(N)Cc1ccc(C)c(Oc2ccccc2F)c1. The van der Waals surface area contributed by atoms with Gasteiger partial charge in [0.25, 0.3) is 0 Å². The Kier molecular flexibility index (Phi) is 4.74. The molecule has 0 saturated heterocycles. The van der Waals surface area contributed by atoms with Gasteiger partial charge in [-0.25, -0.2) is 4.39 Å². The van der Waals surface area contributed by atoms with Crippen molar-refractivity contribution in [3.8, 4) is 11.5 Å². The van der Waals surface area contributed by atoms with Gasteiger partial charge in [-0.05, 0) is 49.1 Å². The summed E-state index contributed by atoms with van der Waals surface area (Å²) >= 11 is 0. The fourth-order valence-corrected chi connectivity index (χ4v) is 1.97. The predicted molar refractivity (Wildman–Crippen MR) is 79.6 cm³/mol. The molecule has 2 nitrogen and oxygen atoms in total. The fraction of sp³-hybridized carbons (Fsp3) is 0.294. The molecule has 2 aromatic carbocycles. The standard InChI is InChI=1S/C17H20FNO/c1-3-14(19)10-13-9-8-12(2)17(11-13)20-16-7-5-4-6-15(16)18/h4-9,11,14H,3,10,19H2,1-2H3. The molecular formula is C17H20FNO. The third-order valence-corrected chi connectivity index (χ3v) is 3.33. The molecule has 106 valence electrons. The number of benzene rings is 2. The van der Waals surface area contributed by atoms with Crippen LogP contribution in [0, 0.1) is 12.7 Å². The summed E-state index contributed by atoms with van der Waals surface area (Å²) in [5, 5.41) is 0.